The summed E-state index contributed by atoms with van der Waals surface area (Å²) in [6, 6.07) is 9.57. The summed E-state index contributed by atoms with van der Waals surface area (Å²) in [6.45, 7) is 0. The first-order valence-corrected chi connectivity index (χ1v) is 5.60. The van der Waals surface area contributed by atoms with E-state index >= 15 is 0 Å². The van der Waals surface area contributed by atoms with Crippen LogP contribution in [0.15, 0.2) is 41.6 Å². The zero-order valence-electron chi connectivity index (χ0n) is 8.70. The van der Waals surface area contributed by atoms with Gasteiger partial charge in [-0.3, -0.25) is 5.43 Å². The molecule has 86 valence electrons. The molecule has 2 rings (SSSR count). The molecule has 6 heteroatoms. The minimum absolute atomic E-state index is 0.183. The van der Waals surface area contributed by atoms with Crippen molar-refractivity contribution in [2.45, 2.75) is 0 Å². The van der Waals surface area contributed by atoms with E-state index in [1.54, 1.807) is 6.21 Å². The molecule has 0 aliphatic heterocycles. The number of benzene rings is 1. The normalized spacial score (nSPS) is 10.6. The van der Waals surface area contributed by atoms with Crippen LogP contribution >= 0.6 is 11.3 Å². The third-order valence-corrected chi connectivity index (χ3v) is 2.78. The number of carboxylic acid groups (broad SMARTS) is 1. The van der Waals surface area contributed by atoms with Crippen LogP contribution in [0.2, 0.25) is 0 Å². The van der Waals surface area contributed by atoms with Crippen LogP contribution in [0.1, 0.15) is 15.2 Å². The number of nitrogens with one attached hydrogen (secondary N) is 1. The number of anilines is 1. The van der Waals surface area contributed by atoms with Crippen LogP contribution in [-0.2, 0) is 0 Å². The van der Waals surface area contributed by atoms with Crippen LogP contribution in [-0.4, -0.2) is 22.3 Å². The summed E-state index contributed by atoms with van der Waals surface area (Å²) in [4.78, 5) is 14.7. The van der Waals surface area contributed by atoms with E-state index in [-0.39, 0.29) is 4.88 Å². The van der Waals surface area contributed by atoms with Crippen LogP contribution in [0.4, 0.5) is 5.13 Å². The minimum atomic E-state index is -0.984. The van der Waals surface area contributed by atoms with Crippen molar-refractivity contribution >= 4 is 28.7 Å². The van der Waals surface area contributed by atoms with Crippen molar-refractivity contribution in [2.75, 3.05) is 5.43 Å². The summed E-state index contributed by atoms with van der Waals surface area (Å²) in [6.07, 6.45) is 2.94. The maximum absolute atomic E-state index is 10.6. The molecule has 0 bridgehead atoms. The molecule has 17 heavy (non-hydrogen) atoms. The standard InChI is InChI=1S/C11H9N3O2S/c15-10(16)9-7-12-11(17-9)14-13-6-8-4-2-1-3-5-8/h1-7H,(H,12,14)(H,15,16). The van der Waals surface area contributed by atoms with Crippen molar-refractivity contribution in [2.24, 2.45) is 5.10 Å². The van der Waals surface area contributed by atoms with Gasteiger partial charge in [-0.25, -0.2) is 9.78 Å². The molecule has 2 N–H and O–H groups in total. The molecule has 1 heterocycles. The van der Waals surface area contributed by atoms with Crippen molar-refractivity contribution in [3.63, 3.8) is 0 Å². The fraction of sp³-hybridized carbons (Fsp3) is 0. The van der Waals surface area contributed by atoms with E-state index in [2.05, 4.69) is 15.5 Å². The van der Waals surface area contributed by atoms with E-state index < -0.39 is 5.97 Å². The van der Waals surface area contributed by atoms with Gasteiger partial charge in [-0.15, -0.1) is 0 Å². The SMILES string of the molecule is O=C(O)c1cnc(NN=Cc2ccccc2)s1. The monoisotopic (exact) mass is 247 g/mol. The molecule has 5 nitrogen and oxygen atoms in total. The number of hydrazone groups is 1. The summed E-state index contributed by atoms with van der Waals surface area (Å²) < 4.78 is 0. The fourth-order valence-corrected chi connectivity index (χ4v) is 1.73. The summed E-state index contributed by atoms with van der Waals surface area (Å²) in [5, 5.41) is 13.1. The van der Waals surface area contributed by atoms with E-state index in [0.29, 0.717) is 5.13 Å². The first-order chi connectivity index (χ1) is 8.25. The second kappa shape index (κ2) is 5.22. The highest BCUT2D eigenvalue weighted by atomic mass is 32.1. The minimum Gasteiger partial charge on any atom is -0.477 e. The Hall–Kier alpha value is -2.21. The lowest BCUT2D eigenvalue weighted by Gasteiger charge is -1.93. The first kappa shape index (κ1) is 11.3. The number of carbonyl (C=O) groups is 1. The maximum Gasteiger partial charge on any atom is 0.347 e. The molecular weight excluding hydrogens is 238 g/mol. The smallest absolute Gasteiger partial charge is 0.347 e. The van der Waals surface area contributed by atoms with Crippen molar-refractivity contribution in [3.05, 3.63) is 47.0 Å². The van der Waals surface area contributed by atoms with E-state index in [1.165, 1.54) is 6.20 Å². The lowest BCUT2D eigenvalue weighted by atomic mass is 10.2. The Labute approximate surface area is 101 Å². The molecule has 1 aromatic carbocycles. The maximum atomic E-state index is 10.6. The highest BCUT2D eigenvalue weighted by Crippen LogP contribution is 2.17. The number of thiazole rings is 1. The fourth-order valence-electron chi connectivity index (χ4n) is 1.13. The molecule has 0 radical (unpaired) electrons. The van der Waals surface area contributed by atoms with Crippen LogP contribution in [0.5, 0.6) is 0 Å². The van der Waals surface area contributed by atoms with Crippen molar-refractivity contribution in [3.8, 4) is 0 Å². The van der Waals surface area contributed by atoms with Crippen molar-refractivity contribution in [1.29, 1.82) is 0 Å². The van der Waals surface area contributed by atoms with Gasteiger partial charge in [-0.05, 0) is 5.56 Å². The number of aromatic carboxylic acids is 1. The van der Waals surface area contributed by atoms with Gasteiger partial charge in [0.05, 0.1) is 12.4 Å². The van der Waals surface area contributed by atoms with Gasteiger partial charge in [0.2, 0.25) is 5.13 Å². The Bertz CT molecular complexity index is 537. The average Bonchev–Trinajstić information content (AvgIpc) is 2.79. The largest absolute Gasteiger partial charge is 0.477 e. The highest BCUT2D eigenvalue weighted by molar-refractivity contribution is 7.17. The van der Waals surface area contributed by atoms with Gasteiger partial charge in [0.15, 0.2) is 0 Å². The Kier molecular flexibility index (Phi) is 3.46. The van der Waals surface area contributed by atoms with Crippen LogP contribution in [0, 0.1) is 0 Å². The molecule has 2 aromatic rings. The van der Waals surface area contributed by atoms with Gasteiger partial charge >= 0.3 is 5.97 Å². The summed E-state index contributed by atoms with van der Waals surface area (Å²) in [5.74, 6) is -0.984. The summed E-state index contributed by atoms with van der Waals surface area (Å²) in [7, 11) is 0. The molecule has 0 unspecified atom stereocenters. The summed E-state index contributed by atoms with van der Waals surface area (Å²) in [5.41, 5.74) is 3.64. The Morgan fingerprint density at radius 1 is 1.41 bits per heavy atom. The third kappa shape index (κ3) is 3.12. The Morgan fingerprint density at radius 3 is 2.82 bits per heavy atom. The lowest BCUT2D eigenvalue weighted by Crippen LogP contribution is -1.90. The number of hydrogen-bond acceptors (Lipinski definition) is 5. The second-order valence-electron chi connectivity index (χ2n) is 3.12. The van der Waals surface area contributed by atoms with Gasteiger partial charge in [0, 0.05) is 0 Å². The molecule has 0 atom stereocenters. The van der Waals surface area contributed by atoms with E-state index in [0.717, 1.165) is 16.9 Å². The Balaban J connectivity index is 1.98. The third-order valence-electron chi connectivity index (χ3n) is 1.89. The number of hydrogen-bond donors (Lipinski definition) is 2. The molecule has 0 spiro atoms. The summed E-state index contributed by atoms with van der Waals surface area (Å²) >= 11 is 1.04. The Morgan fingerprint density at radius 2 is 2.18 bits per heavy atom. The van der Waals surface area contributed by atoms with E-state index in [4.69, 9.17) is 5.11 Å². The number of aromatic nitrogens is 1. The van der Waals surface area contributed by atoms with E-state index in [9.17, 15) is 4.79 Å². The van der Waals surface area contributed by atoms with Crippen LogP contribution in [0.25, 0.3) is 0 Å². The zero-order chi connectivity index (χ0) is 12.1. The van der Waals surface area contributed by atoms with Gasteiger partial charge in [0.1, 0.15) is 4.88 Å². The zero-order valence-corrected chi connectivity index (χ0v) is 9.52. The molecule has 1 aromatic heterocycles. The number of rotatable bonds is 4. The lowest BCUT2D eigenvalue weighted by molar-refractivity contribution is 0.0702. The van der Waals surface area contributed by atoms with Gasteiger partial charge in [0.25, 0.3) is 0 Å². The average molecular weight is 247 g/mol. The van der Waals surface area contributed by atoms with Crippen molar-refractivity contribution < 1.29 is 9.90 Å². The van der Waals surface area contributed by atoms with Gasteiger partial charge in [-0.1, -0.05) is 41.7 Å². The predicted octanol–water partition coefficient (Wildman–Crippen LogP) is 2.29. The topological polar surface area (TPSA) is 74.6 Å². The second-order valence-corrected chi connectivity index (χ2v) is 4.15. The van der Waals surface area contributed by atoms with E-state index in [1.807, 2.05) is 30.3 Å². The van der Waals surface area contributed by atoms with Gasteiger partial charge in [-0.2, -0.15) is 5.10 Å². The molecule has 0 amide bonds. The number of carboxylic acids is 1. The molecule has 0 fully saturated rings. The molecule has 0 saturated heterocycles. The highest BCUT2D eigenvalue weighted by Gasteiger charge is 2.07. The molecule has 0 saturated carbocycles. The number of nitrogens with zero attached hydrogens (tertiary/aromatic N) is 2. The van der Waals surface area contributed by atoms with Crippen LogP contribution < -0.4 is 5.43 Å². The molecule has 0 aliphatic rings. The van der Waals surface area contributed by atoms with Crippen LogP contribution in [0.3, 0.4) is 0 Å². The molecule has 0 aliphatic carbocycles. The first-order valence-electron chi connectivity index (χ1n) is 4.79. The predicted molar refractivity (Wildman–Crippen MR) is 66.7 cm³/mol. The molecular formula is C11H9N3O2S. The quantitative estimate of drug-likeness (QED) is 0.642. The van der Waals surface area contributed by atoms with Crippen molar-refractivity contribution in [1.82, 2.24) is 4.98 Å². The van der Waals surface area contributed by atoms with Gasteiger partial charge < -0.3 is 5.11 Å².